The van der Waals surface area contributed by atoms with Crippen molar-refractivity contribution in [3.05, 3.63) is 71.3 Å². The first-order chi connectivity index (χ1) is 11.7. The molecule has 2 aromatic carbocycles. The van der Waals surface area contributed by atoms with Crippen LogP contribution in [-0.2, 0) is 0 Å². The number of hydrogen-bond donors (Lipinski definition) is 0. The largest absolute Gasteiger partial charge is 0.269 e. The van der Waals surface area contributed by atoms with Gasteiger partial charge in [0.15, 0.2) is 0 Å². The number of rotatable bonds is 4. The molecule has 0 aromatic heterocycles. The van der Waals surface area contributed by atoms with Crippen LogP contribution in [0.1, 0.15) is 11.1 Å². The molecule has 0 aliphatic rings. The second kappa shape index (κ2) is 7.94. The molecule has 0 spiro atoms. The second-order valence-electron chi connectivity index (χ2n) is 4.81. The Hall–Kier alpha value is -3.88. The molecule has 0 aliphatic heterocycles. The molecule has 0 amide bonds. The number of nitriles is 3. The van der Waals surface area contributed by atoms with E-state index in [4.69, 9.17) is 15.8 Å². The van der Waals surface area contributed by atoms with Crippen molar-refractivity contribution in [1.29, 1.82) is 15.8 Å². The Morgan fingerprint density at radius 2 is 1.54 bits per heavy atom. The fourth-order valence-electron chi connectivity index (χ4n) is 2.00. The van der Waals surface area contributed by atoms with Crippen LogP contribution in [0, 0.1) is 34.0 Å². The summed E-state index contributed by atoms with van der Waals surface area (Å²) in [6.07, 6.45) is 1.75. The predicted molar refractivity (Wildman–Crippen MR) is 92.6 cm³/mol. The van der Waals surface area contributed by atoms with Crippen molar-refractivity contribution in [3.63, 3.8) is 0 Å². The van der Waals surface area contributed by atoms with E-state index in [0.717, 1.165) is 11.3 Å². The number of hydrazone groups is 1. The molecular formula is C19H13N5. The highest BCUT2D eigenvalue weighted by atomic mass is 15.4. The summed E-state index contributed by atoms with van der Waals surface area (Å²) < 4.78 is 0. The molecule has 0 aliphatic carbocycles. The monoisotopic (exact) mass is 311 g/mol. The van der Waals surface area contributed by atoms with E-state index < -0.39 is 0 Å². The third kappa shape index (κ3) is 3.85. The van der Waals surface area contributed by atoms with E-state index in [2.05, 4.69) is 5.10 Å². The number of nitrogens with zero attached hydrogens (tertiary/aromatic N) is 5. The first-order valence-electron chi connectivity index (χ1n) is 7.07. The molecule has 5 nitrogen and oxygen atoms in total. The standard InChI is InChI=1S/C19H13N5/c1-24(23-14-15-5-3-2-4-6-15)18-9-7-16(8-10-18)19(13-22)17(11-20)12-21/h2-10,14H,1H3/b23-14+. The van der Waals surface area contributed by atoms with Crippen LogP contribution in [-0.4, -0.2) is 13.3 Å². The molecule has 0 unspecified atom stereocenters. The maximum absolute atomic E-state index is 9.16. The fraction of sp³-hybridized carbons (Fsp3) is 0.0526. The second-order valence-corrected chi connectivity index (χ2v) is 4.81. The van der Waals surface area contributed by atoms with Gasteiger partial charge < -0.3 is 0 Å². The van der Waals surface area contributed by atoms with Crippen LogP contribution in [0.25, 0.3) is 5.57 Å². The summed E-state index contributed by atoms with van der Waals surface area (Å²) in [4.78, 5) is 0. The average Bonchev–Trinajstić information content (AvgIpc) is 2.65. The maximum atomic E-state index is 9.16. The van der Waals surface area contributed by atoms with Gasteiger partial charge in [-0.3, -0.25) is 5.01 Å². The Kier molecular flexibility index (Phi) is 5.45. The van der Waals surface area contributed by atoms with Gasteiger partial charge in [-0.15, -0.1) is 0 Å². The summed E-state index contributed by atoms with van der Waals surface area (Å²) in [7, 11) is 1.81. The van der Waals surface area contributed by atoms with Crippen molar-refractivity contribution in [2.75, 3.05) is 12.1 Å². The number of allylic oxidation sites excluding steroid dienone is 2. The molecule has 24 heavy (non-hydrogen) atoms. The fourth-order valence-corrected chi connectivity index (χ4v) is 2.00. The van der Waals surface area contributed by atoms with Crippen LogP contribution in [0.5, 0.6) is 0 Å². The van der Waals surface area contributed by atoms with Crippen molar-refractivity contribution < 1.29 is 0 Å². The Morgan fingerprint density at radius 1 is 0.917 bits per heavy atom. The van der Waals surface area contributed by atoms with Crippen LogP contribution < -0.4 is 5.01 Å². The van der Waals surface area contributed by atoms with Gasteiger partial charge in [0.25, 0.3) is 0 Å². The zero-order chi connectivity index (χ0) is 17.4. The van der Waals surface area contributed by atoms with Crippen LogP contribution in [0.2, 0.25) is 0 Å². The zero-order valence-corrected chi connectivity index (χ0v) is 13.0. The summed E-state index contributed by atoms with van der Waals surface area (Å²) in [5, 5.41) is 33.0. The Labute approximate surface area is 140 Å². The first kappa shape index (κ1) is 16.5. The molecule has 0 N–H and O–H groups in total. The normalized spacial score (nSPS) is 9.58. The molecule has 0 radical (unpaired) electrons. The van der Waals surface area contributed by atoms with Crippen molar-refractivity contribution in [1.82, 2.24) is 0 Å². The van der Waals surface area contributed by atoms with Gasteiger partial charge in [0.2, 0.25) is 0 Å². The van der Waals surface area contributed by atoms with Crippen LogP contribution in [0.15, 0.2) is 65.3 Å². The molecule has 5 heteroatoms. The van der Waals surface area contributed by atoms with E-state index in [0.29, 0.717) is 5.56 Å². The number of benzene rings is 2. The Bertz CT molecular complexity index is 872. The maximum Gasteiger partial charge on any atom is 0.148 e. The lowest BCUT2D eigenvalue weighted by Crippen LogP contribution is -2.08. The highest BCUT2D eigenvalue weighted by Crippen LogP contribution is 2.21. The lowest BCUT2D eigenvalue weighted by molar-refractivity contribution is 1.02. The molecular weight excluding hydrogens is 298 g/mol. The quantitative estimate of drug-likeness (QED) is 0.491. The van der Waals surface area contributed by atoms with E-state index >= 15 is 0 Å². The molecule has 0 saturated heterocycles. The van der Waals surface area contributed by atoms with Crippen molar-refractivity contribution in [3.8, 4) is 18.2 Å². The highest BCUT2D eigenvalue weighted by Gasteiger charge is 2.09. The minimum absolute atomic E-state index is 0.0713. The number of anilines is 1. The molecule has 0 saturated carbocycles. The lowest BCUT2D eigenvalue weighted by atomic mass is 10.0. The van der Waals surface area contributed by atoms with E-state index in [9.17, 15) is 0 Å². The van der Waals surface area contributed by atoms with Gasteiger partial charge in [-0.05, 0) is 23.3 Å². The van der Waals surface area contributed by atoms with Gasteiger partial charge >= 0.3 is 0 Å². The molecule has 0 atom stereocenters. The van der Waals surface area contributed by atoms with Crippen LogP contribution in [0.3, 0.4) is 0 Å². The lowest BCUT2D eigenvalue weighted by Gasteiger charge is -2.13. The predicted octanol–water partition coefficient (Wildman–Crippen LogP) is 3.48. The summed E-state index contributed by atoms with van der Waals surface area (Å²) >= 11 is 0. The first-order valence-corrected chi connectivity index (χ1v) is 7.07. The van der Waals surface area contributed by atoms with Crippen LogP contribution >= 0.6 is 0 Å². The van der Waals surface area contributed by atoms with E-state index in [1.165, 1.54) is 0 Å². The third-order valence-corrected chi connectivity index (χ3v) is 3.29. The molecule has 2 rings (SSSR count). The Morgan fingerprint density at radius 3 is 2.08 bits per heavy atom. The van der Waals surface area contributed by atoms with E-state index in [-0.39, 0.29) is 11.1 Å². The van der Waals surface area contributed by atoms with Crippen molar-refractivity contribution >= 4 is 17.5 Å². The summed E-state index contributed by atoms with van der Waals surface area (Å²) in [6, 6.07) is 22.1. The average molecular weight is 311 g/mol. The summed E-state index contributed by atoms with van der Waals surface area (Å²) in [5.41, 5.74) is 2.21. The van der Waals surface area contributed by atoms with Gasteiger partial charge in [0.05, 0.1) is 17.5 Å². The SMILES string of the molecule is CN(/N=C/c1ccccc1)c1ccc(C(C#N)=C(C#N)C#N)cc1. The van der Waals surface area contributed by atoms with Gasteiger partial charge in [0.1, 0.15) is 23.8 Å². The minimum Gasteiger partial charge on any atom is -0.269 e. The molecule has 2 aromatic rings. The van der Waals surface area contributed by atoms with E-state index in [1.54, 1.807) is 47.6 Å². The smallest absolute Gasteiger partial charge is 0.148 e. The molecule has 0 fully saturated rings. The zero-order valence-electron chi connectivity index (χ0n) is 13.0. The van der Waals surface area contributed by atoms with Gasteiger partial charge in [-0.1, -0.05) is 42.5 Å². The molecule has 0 bridgehead atoms. The topological polar surface area (TPSA) is 87.0 Å². The van der Waals surface area contributed by atoms with E-state index in [1.807, 2.05) is 43.4 Å². The Balaban J connectivity index is 2.22. The molecule has 0 heterocycles. The highest BCUT2D eigenvalue weighted by molar-refractivity contribution is 5.85. The minimum atomic E-state index is -0.194. The third-order valence-electron chi connectivity index (χ3n) is 3.29. The van der Waals surface area contributed by atoms with Crippen molar-refractivity contribution in [2.24, 2.45) is 5.10 Å². The molecule has 114 valence electrons. The van der Waals surface area contributed by atoms with Gasteiger partial charge in [0, 0.05) is 7.05 Å². The van der Waals surface area contributed by atoms with Gasteiger partial charge in [-0.2, -0.15) is 20.9 Å². The summed E-state index contributed by atoms with van der Waals surface area (Å²) in [6.45, 7) is 0. The summed E-state index contributed by atoms with van der Waals surface area (Å²) in [5.74, 6) is 0. The van der Waals surface area contributed by atoms with Crippen LogP contribution in [0.4, 0.5) is 5.69 Å². The van der Waals surface area contributed by atoms with Crippen molar-refractivity contribution in [2.45, 2.75) is 0 Å². The van der Waals surface area contributed by atoms with Gasteiger partial charge in [-0.25, -0.2) is 0 Å². The number of hydrogen-bond acceptors (Lipinski definition) is 5.